The molecule has 0 atom stereocenters. The number of benzene rings is 5. The summed E-state index contributed by atoms with van der Waals surface area (Å²) in [6, 6.07) is 32.1. The molecule has 2 heterocycles. The first-order valence-electron chi connectivity index (χ1n) is 17.2. The molecule has 0 unspecified atom stereocenters. The number of aromatic nitrogens is 2. The van der Waals surface area contributed by atoms with Crippen molar-refractivity contribution in [2.45, 2.75) is 40.2 Å². The summed E-state index contributed by atoms with van der Waals surface area (Å²) in [6.07, 6.45) is 15.9. The molecular formula is C46H41N3. The fraction of sp³-hybridized carbons (Fsp3) is 0.130. The van der Waals surface area contributed by atoms with Crippen LogP contribution >= 0.6 is 0 Å². The molecule has 0 bridgehead atoms. The van der Waals surface area contributed by atoms with Crippen LogP contribution in [0.15, 0.2) is 140 Å². The third-order valence-corrected chi connectivity index (χ3v) is 10.4. The summed E-state index contributed by atoms with van der Waals surface area (Å²) in [5, 5.41) is 5.16. The van der Waals surface area contributed by atoms with Crippen molar-refractivity contribution >= 4 is 49.2 Å². The quantitative estimate of drug-likeness (QED) is 0.168. The third-order valence-electron chi connectivity index (χ3n) is 10.4. The molecule has 0 spiro atoms. The lowest BCUT2D eigenvalue weighted by Crippen LogP contribution is -2.04. The Kier molecular flexibility index (Phi) is 7.69. The van der Waals surface area contributed by atoms with Crippen LogP contribution in [-0.4, -0.2) is 9.55 Å². The molecule has 0 amide bonds. The maximum atomic E-state index is 5.64. The minimum atomic E-state index is 0.762. The van der Waals surface area contributed by atoms with E-state index >= 15 is 0 Å². The number of aryl methyl sites for hydroxylation is 3. The predicted octanol–water partition coefficient (Wildman–Crippen LogP) is 11.7. The summed E-state index contributed by atoms with van der Waals surface area (Å²) >= 11 is 0. The van der Waals surface area contributed by atoms with Gasteiger partial charge in [0.1, 0.15) is 0 Å². The van der Waals surface area contributed by atoms with Gasteiger partial charge in [0.2, 0.25) is 0 Å². The normalized spacial score (nSPS) is 13.8. The fourth-order valence-electron chi connectivity index (χ4n) is 7.83. The Morgan fingerprint density at radius 3 is 2.33 bits per heavy atom. The summed E-state index contributed by atoms with van der Waals surface area (Å²) in [4.78, 5) is 3.75. The number of nitrogens with one attached hydrogen (secondary N) is 1. The highest BCUT2D eigenvalue weighted by atomic mass is 15.0. The molecule has 0 saturated heterocycles. The van der Waals surface area contributed by atoms with Crippen molar-refractivity contribution in [2.75, 3.05) is 0 Å². The monoisotopic (exact) mass is 635 g/mol. The molecule has 5 aromatic carbocycles. The Labute approximate surface area is 288 Å². The Bertz CT molecular complexity index is 2580. The number of nitrogens with zero attached hydrogens (tertiary/aromatic N) is 1. The summed E-state index contributed by atoms with van der Waals surface area (Å²) in [5.41, 5.74) is 23.5. The molecule has 3 nitrogen and oxygen atoms in total. The summed E-state index contributed by atoms with van der Waals surface area (Å²) in [7, 11) is 0. The second kappa shape index (κ2) is 12.3. The van der Waals surface area contributed by atoms with E-state index in [9.17, 15) is 0 Å². The summed E-state index contributed by atoms with van der Waals surface area (Å²) < 4.78 is 2.45. The van der Waals surface area contributed by atoms with E-state index in [1.807, 2.05) is 18.2 Å². The molecule has 0 saturated carbocycles. The average molecular weight is 636 g/mol. The number of rotatable bonds is 7. The third kappa shape index (κ3) is 5.14. The molecule has 1 aliphatic carbocycles. The molecule has 8 rings (SSSR count). The molecule has 49 heavy (non-hydrogen) atoms. The number of hydrogen-bond acceptors (Lipinski definition) is 1. The van der Waals surface area contributed by atoms with E-state index in [-0.39, 0.29) is 0 Å². The van der Waals surface area contributed by atoms with Crippen LogP contribution in [0.25, 0.3) is 71.4 Å². The van der Waals surface area contributed by atoms with Crippen molar-refractivity contribution in [3.8, 4) is 22.3 Å². The van der Waals surface area contributed by atoms with Crippen molar-refractivity contribution in [1.82, 2.24) is 9.55 Å². The van der Waals surface area contributed by atoms with Gasteiger partial charge in [-0.05, 0) is 150 Å². The number of H-pyrrole nitrogens is 1. The largest absolute Gasteiger partial charge is 0.405 e. The van der Waals surface area contributed by atoms with Crippen LogP contribution in [0, 0.1) is 6.92 Å². The maximum absolute atomic E-state index is 5.64. The van der Waals surface area contributed by atoms with Crippen LogP contribution in [0.2, 0.25) is 0 Å². The van der Waals surface area contributed by atoms with Crippen LogP contribution in [0.4, 0.5) is 0 Å². The second-order valence-corrected chi connectivity index (χ2v) is 13.2. The highest BCUT2D eigenvalue weighted by Gasteiger charge is 2.22. The number of nitrogens with two attached hydrogens (primary N) is 1. The molecule has 0 aliphatic heterocycles. The zero-order valence-electron chi connectivity index (χ0n) is 28.5. The zero-order valence-corrected chi connectivity index (χ0v) is 28.5. The van der Waals surface area contributed by atoms with Gasteiger partial charge in [0.15, 0.2) is 0 Å². The van der Waals surface area contributed by atoms with Crippen molar-refractivity contribution < 1.29 is 0 Å². The molecule has 240 valence electrons. The molecule has 1 aliphatic rings. The lowest BCUT2D eigenvalue weighted by Gasteiger charge is -2.21. The minimum absolute atomic E-state index is 0.762. The fourth-order valence-corrected chi connectivity index (χ4v) is 7.83. The van der Waals surface area contributed by atoms with Crippen LogP contribution in [0.3, 0.4) is 0 Å². The van der Waals surface area contributed by atoms with Crippen molar-refractivity contribution in [2.24, 2.45) is 5.73 Å². The van der Waals surface area contributed by atoms with E-state index in [0.29, 0.717) is 0 Å². The smallest absolute Gasteiger partial charge is 0.0500 e. The van der Waals surface area contributed by atoms with Crippen LogP contribution < -0.4 is 5.73 Å². The van der Waals surface area contributed by atoms with Crippen LogP contribution in [0.1, 0.15) is 36.1 Å². The van der Waals surface area contributed by atoms with Gasteiger partial charge >= 0.3 is 0 Å². The van der Waals surface area contributed by atoms with E-state index in [0.717, 1.165) is 24.9 Å². The Balaban J connectivity index is 1.31. The Morgan fingerprint density at radius 2 is 1.55 bits per heavy atom. The van der Waals surface area contributed by atoms with Gasteiger partial charge in [-0.25, -0.2) is 0 Å². The molecule has 2 aromatic heterocycles. The first-order valence-corrected chi connectivity index (χ1v) is 17.2. The summed E-state index contributed by atoms with van der Waals surface area (Å²) in [6.45, 7) is 11.2. The Morgan fingerprint density at radius 1 is 0.796 bits per heavy atom. The van der Waals surface area contributed by atoms with Gasteiger partial charge in [0.05, 0.1) is 5.52 Å². The van der Waals surface area contributed by atoms with Crippen LogP contribution in [0.5, 0.6) is 0 Å². The number of fused-ring (bicyclic) bond motifs is 9. The summed E-state index contributed by atoms with van der Waals surface area (Å²) in [5.74, 6) is 0. The molecule has 3 N–H and O–H groups in total. The molecular weight excluding hydrogens is 595 g/mol. The SMILES string of the molecule is C=C/C=C(\C(C)=C/C)c1ccc2[nH]c3cc4c(cc3c2c1)CCc1cc2c3cc(-c5ccccc5C)ccc3n(C/C=C\C=C/N)c2cc1-4. The van der Waals surface area contributed by atoms with E-state index in [4.69, 9.17) is 5.73 Å². The van der Waals surface area contributed by atoms with Gasteiger partial charge in [-0.3, -0.25) is 0 Å². The topological polar surface area (TPSA) is 46.7 Å². The molecule has 0 radical (unpaired) electrons. The molecule has 3 heteroatoms. The van der Waals surface area contributed by atoms with Gasteiger partial charge in [0, 0.05) is 44.6 Å². The van der Waals surface area contributed by atoms with E-state index < -0.39 is 0 Å². The first-order chi connectivity index (χ1) is 24.0. The maximum Gasteiger partial charge on any atom is 0.0500 e. The van der Waals surface area contributed by atoms with E-state index in [1.165, 1.54) is 93.7 Å². The van der Waals surface area contributed by atoms with Gasteiger partial charge in [-0.15, -0.1) is 0 Å². The molecule has 7 aromatic rings. The van der Waals surface area contributed by atoms with Crippen molar-refractivity contribution in [3.05, 3.63) is 162 Å². The lowest BCUT2D eigenvalue weighted by molar-refractivity contribution is 0.897. The van der Waals surface area contributed by atoms with Gasteiger partial charge < -0.3 is 15.3 Å². The average Bonchev–Trinajstić information content (AvgIpc) is 3.63. The highest BCUT2D eigenvalue weighted by Crippen LogP contribution is 2.43. The van der Waals surface area contributed by atoms with Crippen molar-refractivity contribution in [1.29, 1.82) is 0 Å². The minimum Gasteiger partial charge on any atom is -0.405 e. The van der Waals surface area contributed by atoms with E-state index in [2.05, 4.69) is 140 Å². The first kappa shape index (κ1) is 30.5. The highest BCUT2D eigenvalue weighted by molar-refractivity contribution is 6.13. The number of hydrogen-bond donors (Lipinski definition) is 2. The molecule has 0 fully saturated rings. The number of aromatic amines is 1. The van der Waals surface area contributed by atoms with E-state index in [1.54, 1.807) is 6.20 Å². The lowest BCUT2D eigenvalue weighted by atomic mass is 9.84. The van der Waals surface area contributed by atoms with Gasteiger partial charge in [-0.1, -0.05) is 73.4 Å². The second-order valence-electron chi connectivity index (χ2n) is 13.2. The Hall–Kier alpha value is -5.80. The van der Waals surface area contributed by atoms with Crippen molar-refractivity contribution in [3.63, 3.8) is 0 Å². The standard InChI is InChI=1S/C46H41N3/c1-5-12-35(29(3)6-2)31-17-19-43-39(23-31)40-24-33-15-16-34-26-42-41-25-32(36-14-9-8-13-30(36)4)18-20-45(41)49(22-11-7-10-21-47)46(42)28-38(34)37(33)27-44(40)48-43/h5-14,17-21,23-28,48H,1,15-16,22,47H2,2-4H3/b11-7-,21-10-,29-6-,35-12+. The van der Waals surface area contributed by atoms with Gasteiger partial charge in [0.25, 0.3) is 0 Å². The number of allylic oxidation sites excluding steroid dienone is 8. The zero-order chi connectivity index (χ0) is 33.6. The van der Waals surface area contributed by atoms with Crippen LogP contribution in [-0.2, 0) is 19.4 Å². The van der Waals surface area contributed by atoms with Gasteiger partial charge in [-0.2, -0.15) is 0 Å². The predicted molar refractivity (Wildman–Crippen MR) is 212 cm³/mol.